The number of rotatable bonds is 5. The average Bonchev–Trinajstić information content (AvgIpc) is 1.30. The average molecular weight is 1310 g/mol. The van der Waals surface area contributed by atoms with E-state index in [0.29, 0.717) is 67.2 Å². The standard InChI is InChI=1S/C23H38O2.C22H38O.2C21H36O2/c1-14-4-9-18-17-8-5-15-12-20(24)21(25-16-6-7-16)13-23(15,3)19(17)10-11-22(14,18)2;1-5-15-13-22(4)16(12-20(15)23)7-8-17-18-9-6-14(2)21(18,3)11-10-19(17)22;2*1-13-5-8-16-15-7-6-14-11-18(22)19(23-4)12-21(14,3)17(15)9-10-20(13,16)2/h14-21,24H,4-13H2,1-3H3;14-20,23H,5-13H2,1-4H3;2*13-19,22H,5-12H2,1-4H3/t14-,15-,17-,18-,19-,20-,21-,22+,23-;14-,15-,16-,17-,18-,19-,20-,21+,22-;13-,14-,15-,16-,17-,18-,19+,20+,21-;13-,14-,15-,16-,17-,18-,19-,20+,21-/m0000/s1. The summed E-state index contributed by atoms with van der Waals surface area (Å²) in [4.78, 5) is 0. The van der Waals surface area contributed by atoms with Gasteiger partial charge in [-0.05, 0) is 386 Å². The molecule has 7 nitrogen and oxygen atoms in total. The van der Waals surface area contributed by atoms with Crippen molar-refractivity contribution < 1.29 is 34.6 Å². The fraction of sp³-hybridized carbons (Fsp3) is 1.00. The van der Waals surface area contributed by atoms with Gasteiger partial charge in [0.25, 0.3) is 0 Å². The topological polar surface area (TPSA) is 109 Å². The minimum Gasteiger partial charge on any atom is -0.393 e. The van der Waals surface area contributed by atoms with Gasteiger partial charge in [-0.1, -0.05) is 96.4 Å². The first kappa shape index (κ1) is 70.7. The Bertz CT molecular complexity index is 2400. The fourth-order valence-electron chi connectivity index (χ4n) is 31.7. The van der Waals surface area contributed by atoms with Crippen LogP contribution in [-0.2, 0) is 14.2 Å². The van der Waals surface area contributed by atoms with Crippen LogP contribution in [0.3, 0.4) is 0 Å². The van der Waals surface area contributed by atoms with Crippen molar-refractivity contribution in [3.8, 4) is 0 Å². The zero-order valence-electron chi connectivity index (χ0n) is 63.5. The fourth-order valence-corrected chi connectivity index (χ4v) is 31.7. The van der Waals surface area contributed by atoms with Gasteiger partial charge in [0.15, 0.2) is 0 Å². The lowest BCUT2D eigenvalue weighted by atomic mass is 9.44. The molecule has 17 fully saturated rings. The summed E-state index contributed by atoms with van der Waals surface area (Å²) in [6, 6.07) is 0. The van der Waals surface area contributed by atoms with Gasteiger partial charge < -0.3 is 34.6 Å². The van der Waals surface area contributed by atoms with E-state index >= 15 is 0 Å². The number of hydrogen-bond acceptors (Lipinski definition) is 7. The van der Waals surface area contributed by atoms with Gasteiger partial charge >= 0.3 is 0 Å². The first-order valence-corrected chi connectivity index (χ1v) is 42.0. The highest BCUT2D eigenvalue weighted by Gasteiger charge is 2.66. The molecule has 17 aliphatic rings. The van der Waals surface area contributed by atoms with Crippen LogP contribution in [0.5, 0.6) is 0 Å². The van der Waals surface area contributed by atoms with Gasteiger partial charge in [0.05, 0.1) is 48.8 Å². The molecule has 0 aromatic rings. The molecule has 4 N–H and O–H groups in total. The van der Waals surface area contributed by atoms with Gasteiger partial charge in [-0.25, -0.2) is 0 Å². The highest BCUT2D eigenvalue weighted by atomic mass is 16.5. The van der Waals surface area contributed by atoms with Crippen molar-refractivity contribution in [2.24, 2.45) is 168 Å². The van der Waals surface area contributed by atoms with E-state index in [1.165, 1.54) is 180 Å². The third-order valence-corrected chi connectivity index (χ3v) is 38.7. The normalized spacial score (nSPS) is 58.9. The first-order chi connectivity index (χ1) is 44.6. The summed E-state index contributed by atoms with van der Waals surface area (Å²) in [7, 11) is 3.57. The minimum absolute atomic E-state index is 0.0185. The number of fused-ring (bicyclic) bond motifs is 20. The van der Waals surface area contributed by atoms with E-state index in [4.69, 9.17) is 14.2 Å². The molecule has 17 saturated carbocycles. The lowest BCUT2D eigenvalue weighted by Crippen LogP contribution is -2.57. The van der Waals surface area contributed by atoms with Crippen molar-refractivity contribution in [2.45, 2.75) is 364 Å². The molecule has 0 spiro atoms. The van der Waals surface area contributed by atoms with Crippen LogP contribution in [0.4, 0.5) is 0 Å². The Morgan fingerprint density at radius 2 is 0.564 bits per heavy atom. The van der Waals surface area contributed by atoms with Crippen molar-refractivity contribution in [3.63, 3.8) is 0 Å². The molecule has 0 aromatic heterocycles. The molecule has 7 heteroatoms. The molecule has 538 valence electrons. The zero-order valence-corrected chi connectivity index (χ0v) is 63.5. The molecule has 0 unspecified atom stereocenters. The molecular weight excluding hydrogens is 1160 g/mol. The summed E-state index contributed by atoms with van der Waals surface area (Å²) in [6.45, 7) is 33.1. The van der Waals surface area contributed by atoms with Crippen LogP contribution in [0.2, 0.25) is 0 Å². The van der Waals surface area contributed by atoms with E-state index < -0.39 is 0 Å². The van der Waals surface area contributed by atoms with Gasteiger partial charge in [0.2, 0.25) is 0 Å². The summed E-state index contributed by atoms with van der Waals surface area (Å²) in [6.07, 6.45) is 46.6. The van der Waals surface area contributed by atoms with Crippen molar-refractivity contribution >= 4 is 0 Å². The van der Waals surface area contributed by atoms with E-state index in [0.717, 1.165) is 151 Å². The second-order valence-electron chi connectivity index (χ2n) is 41.3. The lowest BCUT2D eigenvalue weighted by molar-refractivity contribution is -0.174. The molecule has 0 radical (unpaired) electrons. The van der Waals surface area contributed by atoms with E-state index in [-0.39, 0.29) is 42.7 Å². The molecule has 17 rings (SSSR count). The van der Waals surface area contributed by atoms with Crippen LogP contribution in [0.25, 0.3) is 0 Å². The number of methoxy groups -OCH3 is 2. The van der Waals surface area contributed by atoms with E-state index in [1.54, 1.807) is 14.2 Å². The van der Waals surface area contributed by atoms with Crippen LogP contribution in [-0.4, -0.2) is 83.5 Å². The second kappa shape index (κ2) is 26.1. The summed E-state index contributed by atoms with van der Waals surface area (Å²) in [5.41, 5.74) is 4.21. The minimum atomic E-state index is -0.241. The highest BCUT2D eigenvalue weighted by molar-refractivity contribution is 5.15. The molecule has 94 heavy (non-hydrogen) atoms. The van der Waals surface area contributed by atoms with Crippen molar-refractivity contribution in [1.82, 2.24) is 0 Å². The number of ether oxygens (including phenoxy) is 3. The Morgan fingerprint density at radius 3 is 0.851 bits per heavy atom. The monoisotopic (exact) mass is 1310 g/mol. The SMILES string of the molecule is CC[C@H]1C[C@@]2(C)[C@@H](CC[C@@H]3[C@@H]2CC[C@]2(C)[C@@H](C)CC[C@@H]32)C[C@@H]1O.CO[C@@H]1C[C@@]2(C)[C@@H](CC[C@@H]3[C@@H]2CC[C@]2(C)[C@@H](C)CC[C@@H]32)C[C@@H]1O.CO[C@H]1C[C@@]2(C)[C@@H](CC[C@@H]3[C@@H]2CC[C@]2(C)[C@@H](C)CC[C@@H]32)C[C@@H]1O.C[C@H]1CC[C@H]2[C@@H]3CC[C@H]4C[C@H](O)[C@@H](OC5CC5)C[C@]4(C)[C@H]3CC[C@]12C. The molecule has 0 aromatic carbocycles. The predicted octanol–water partition coefficient (Wildman–Crippen LogP) is 20.1. The Hall–Kier alpha value is -0.280. The van der Waals surface area contributed by atoms with Crippen LogP contribution in [0.15, 0.2) is 0 Å². The molecular formula is C87H148O7. The molecule has 36 atom stereocenters. The van der Waals surface area contributed by atoms with Crippen molar-refractivity contribution in [1.29, 1.82) is 0 Å². The van der Waals surface area contributed by atoms with Crippen LogP contribution >= 0.6 is 0 Å². The molecule has 0 amide bonds. The molecule has 0 bridgehead atoms. The number of aliphatic hydroxyl groups excluding tert-OH is 4. The smallest absolute Gasteiger partial charge is 0.0843 e. The van der Waals surface area contributed by atoms with Crippen LogP contribution < -0.4 is 0 Å². The van der Waals surface area contributed by atoms with Gasteiger partial charge in [0.1, 0.15) is 0 Å². The molecule has 0 heterocycles. The Kier molecular flexibility index (Phi) is 19.7. The van der Waals surface area contributed by atoms with E-state index in [2.05, 4.69) is 90.0 Å². The zero-order chi connectivity index (χ0) is 66.6. The Morgan fingerprint density at radius 1 is 0.298 bits per heavy atom. The largest absolute Gasteiger partial charge is 0.393 e. The van der Waals surface area contributed by atoms with Gasteiger partial charge in [-0.2, -0.15) is 0 Å². The van der Waals surface area contributed by atoms with Crippen LogP contribution in [0, 0.1) is 168 Å². The Labute approximate surface area is 577 Å². The van der Waals surface area contributed by atoms with Crippen molar-refractivity contribution in [3.05, 3.63) is 0 Å². The van der Waals surface area contributed by atoms with Crippen molar-refractivity contribution in [2.75, 3.05) is 14.2 Å². The van der Waals surface area contributed by atoms with Gasteiger partial charge in [-0.3, -0.25) is 0 Å². The first-order valence-electron chi connectivity index (χ1n) is 42.0. The third-order valence-electron chi connectivity index (χ3n) is 38.7. The summed E-state index contributed by atoms with van der Waals surface area (Å²) < 4.78 is 17.6. The third kappa shape index (κ3) is 11.5. The number of hydrogen-bond donors (Lipinski definition) is 4. The predicted molar refractivity (Wildman–Crippen MR) is 382 cm³/mol. The summed E-state index contributed by atoms with van der Waals surface area (Å²) >= 11 is 0. The quantitative estimate of drug-likeness (QED) is 0.217. The van der Waals surface area contributed by atoms with E-state index in [1.807, 2.05) is 0 Å². The maximum Gasteiger partial charge on any atom is 0.0843 e. The van der Waals surface area contributed by atoms with E-state index in [9.17, 15) is 20.4 Å². The molecule has 17 aliphatic carbocycles. The summed E-state index contributed by atoms with van der Waals surface area (Å²) in [5, 5.41) is 42.1. The van der Waals surface area contributed by atoms with Crippen LogP contribution in [0.1, 0.15) is 315 Å². The number of aliphatic hydroxyl groups is 4. The summed E-state index contributed by atoms with van der Waals surface area (Å²) in [5.74, 6) is 18.5. The van der Waals surface area contributed by atoms with Gasteiger partial charge in [-0.15, -0.1) is 0 Å². The van der Waals surface area contributed by atoms with Gasteiger partial charge in [0, 0.05) is 14.2 Å². The maximum absolute atomic E-state index is 10.7. The highest BCUT2D eigenvalue weighted by Crippen LogP contribution is 2.73. The molecule has 0 aliphatic heterocycles. The maximum atomic E-state index is 10.7. The Balaban J connectivity index is 0.000000108. The second-order valence-corrected chi connectivity index (χ2v) is 41.3. The lowest BCUT2D eigenvalue weighted by Gasteiger charge is -2.62. The molecule has 0 saturated heterocycles.